The summed E-state index contributed by atoms with van der Waals surface area (Å²) in [7, 11) is 0. The lowest BCUT2D eigenvalue weighted by Crippen LogP contribution is -2.30. The van der Waals surface area contributed by atoms with Gasteiger partial charge < -0.3 is 19.9 Å². The number of carbonyl (C=O) groups excluding carboxylic acids is 1. The smallest absolute Gasteiger partial charge is 0.305 e. The molecule has 0 fully saturated rings. The number of ether oxygens (including phenoxy) is 2. The number of benzene rings is 2. The first-order valence-corrected chi connectivity index (χ1v) is 10.3. The summed E-state index contributed by atoms with van der Waals surface area (Å²) >= 11 is 5.93. The van der Waals surface area contributed by atoms with Crippen molar-refractivity contribution >= 4 is 23.5 Å². The van der Waals surface area contributed by atoms with E-state index in [0.717, 1.165) is 16.9 Å². The van der Waals surface area contributed by atoms with Gasteiger partial charge in [0, 0.05) is 11.4 Å². The molecule has 1 atom stereocenters. The SMILES string of the molecule is Cc1cc(Cl)ccc1OCCCC(=O)NC(CC(=O)O)c1ccc(OC(C)C)cc1. The molecule has 0 aliphatic rings. The maximum absolute atomic E-state index is 12.3. The zero-order valence-corrected chi connectivity index (χ0v) is 18.2. The van der Waals surface area contributed by atoms with E-state index in [9.17, 15) is 14.7 Å². The van der Waals surface area contributed by atoms with Gasteiger partial charge in [-0.3, -0.25) is 9.59 Å². The highest BCUT2D eigenvalue weighted by Gasteiger charge is 2.18. The second kappa shape index (κ2) is 11.5. The Morgan fingerprint density at radius 2 is 1.83 bits per heavy atom. The van der Waals surface area contributed by atoms with E-state index in [2.05, 4.69) is 5.32 Å². The first kappa shape index (κ1) is 23.5. The Balaban J connectivity index is 1.87. The van der Waals surface area contributed by atoms with Crippen molar-refractivity contribution in [3.8, 4) is 11.5 Å². The van der Waals surface area contributed by atoms with Crippen LogP contribution in [-0.2, 0) is 9.59 Å². The van der Waals surface area contributed by atoms with Gasteiger partial charge in [-0.05, 0) is 68.7 Å². The lowest BCUT2D eigenvalue weighted by atomic mass is 10.0. The summed E-state index contributed by atoms with van der Waals surface area (Å²) in [4.78, 5) is 23.6. The van der Waals surface area contributed by atoms with E-state index in [0.29, 0.717) is 23.8 Å². The predicted molar refractivity (Wildman–Crippen MR) is 116 cm³/mol. The van der Waals surface area contributed by atoms with Crippen LogP contribution in [0, 0.1) is 6.92 Å². The Morgan fingerprint density at radius 1 is 1.13 bits per heavy atom. The summed E-state index contributed by atoms with van der Waals surface area (Å²) in [6.07, 6.45) is 0.590. The van der Waals surface area contributed by atoms with Gasteiger partial charge in [0.15, 0.2) is 0 Å². The number of hydrogen-bond donors (Lipinski definition) is 2. The predicted octanol–water partition coefficient (Wildman–Crippen LogP) is 4.93. The second-order valence-electron chi connectivity index (χ2n) is 7.32. The standard InChI is InChI=1S/C23H28ClNO5/c1-15(2)30-19-9-6-17(7-10-19)20(14-23(27)28)25-22(26)5-4-12-29-21-11-8-18(24)13-16(21)3/h6-11,13,15,20H,4-5,12,14H2,1-3H3,(H,25,26)(H,27,28). The van der Waals surface area contributed by atoms with Crippen LogP contribution in [0.3, 0.4) is 0 Å². The first-order chi connectivity index (χ1) is 14.2. The lowest BCUT2D eigenvalue weighted by Gasteiger charge is -2.18. The number of rotatable bonds is 11. The fourth-order valence-electron chi connectivity index (χ4n) is 2.93. The summed E-state index contributed by atoms with van der Waals surface area (Å²) in [5, 5.41) is 12.7. The number of carboxylic acid groups (broad SMARTS) is 1. The molecule has 1 amide bonds. The van der Waals surface area contributed by atoms with Gasteiger partial charge >= 0.3 is 5.97 Å². The molecule has 7 heteroatoms. The van der Waals surface area contributed by atoms with Crippen molar-refractivity contribution < 1.29 is 24.2 Å². The van der Waals surface area contributed by atoms with Crippen molar-refractivity contribution in [3.05, 3.63) is 58.6 Å². The molecule has 0 aromatic heterocycles. The molecule has 0 aliphatic carbocycles. The maximum atomic E-state index is 12.3. The summed E-state index contributed by atoms with van der Waals surface area (Å²) in [5.74, 6) is 0.223. The Hall–Kier alpha value is -2.73. The molecule has 2 N–H and O–H groups in total. The minimum atomic E-state index is -0.982. The van der Waals surface area contributed by atoms with Crippen molar-refractivity contribution in [2.24, 2.45) is 0 Å². The van der Waals surface area contributed by atoms with Crippen LogP contribution in [-0.4, -0.2) is 29.7 Å². The lowest BCUT2D eigenvalue weighted by molar-refractivity contribution is -0.137. The van der Waals surface area contributed by atoms with Crippen molar-refractivity contribution in [3.63, 3.8) is 0 Å². The Kier molecular flexibility index (Phi) is 8.99. The molecule has 30 heavy (non-hydrogen) atoms. The van der Waals surface area contributed by atoms with E-state index in [1.807, 2.05) is 26.8 Å². The fourth-order valence-corrected chi connectivity index (χ4v) is 3.16. The first-order valence-electron chi connectivity index (χ1n) is 9.91. The van der Waals surface area contributed by atoms with Gasteiger partial charge in [0.25, 0.3) is 0 Å². The van der Waals surface area contributed by atoms with Gasteiger partial charge in [0.2, 0.25) is 5.91 Å². The molecule has 0 bridgehead atoms. The van der Waals surface area contributed by atoms with Crippen LogP contribution in [0.5, 0.6) is 11.5 Å². The van der Waals surface area contributed by atoms with Crippen LogP contribution in [0.2, 0.25) is 5.02 Å². The van der Waals surface area contributed by atoms with Crippen molar-refractivity contribution in [1.82, 2.24) is 5.32 Å². The normalized spacial score (nSPS) is 11.8. The average Bonchev–Trinajstić information content (AvgIpc) is 2.66. The molecule has 6 nitrogen and oxygen atoms in total. The van der Waals surface area contributed by atoms with Crippen LogP contribution in [0.25, 0.3) is 0 Å². The van der Waals surface area contributed by atoms with E-state index in [1.54, 1.807) is 36.4 Å². The largest absolute Gasteiger partial charge is 0.493 e. The van der Waals surface area contributed by atoms with Gasteiger partial charge in [-0.25, -0.2) is 0 Å². The molecular formula is C23H28ClNO5. The third-order valence-electron chi connectivity index (χ3n) is 4.31. The van der Waals surface area contributed by atoms with E-state index in [-0.39, 0.29) is 24.9 Å². The van der Waals surface area contributed by atoms with Crippen LogP contribution in [0.15, 0.2) is 42.5 Å². The van der Waals surface area contributed by atoms with Gasteiger partial charge in [-0.15, -0.1) is 0 Å². The molecule has 1 unspecified atom stereocenters. The van der Waals surface area contributed by atoms with Crippen molar-refractivity contribution in [1.29, 1.82) is 0 Å². The summed E-state index contributed by atoms with van der Waals surface area (Å²) in [6, 6.07) is 11.9. The number of hydrogen-bond acceptors (Lipinski definition) is 4. The van der Waals surface area contributed by atoms with E-state index < -0.39 is 12.0 Å². The molecule has 0 heterocycles. The van der Waals surface area contributed by atoms with Crippen LogP contribution in [0.4, 0.5) is 0 Å². The Morgan fingerprint density at radius 3 is 2.43 bits per heavy atom. The molecule has 2 rings (SSSR count). The van der Waals surface area contributed by atoms with Crippen molar-refractivity contribution in [2.75, 3.05) is 6.61 Å². The summed E-state index contributed by atoms with van der Waals surface area (Å²) in [5.41, 5.74) is 1.65. The number of carbonyl (C=O) groups is 2. The minimum absolute atomic E-state index is 0.0456. The molecule has 0 radical (unpaired) electrons. The number of halogens is 1. The Bertz CT molecular complexity index is 851. The minimum Gasteiger partial charge on any atom is -0.493 e. The zero-order valence-electron chi connectivity index (χ0n) is 17.5. The van der Waals surface area contributed by atoms with Crippen LogP contribution >= 0.6 is 11.6 Å². The van der Waals surface area contributed by atoms with E-state index >= 15 is 0 Å². The molecule has 2 aromatic carbocycles. The van der Waals surface area contributed by atoms with E-state index in [4.69, 9.17) is 21.1 Å². The zero-order chi connectivity index (χ0) is 22.1. The quantitative estimate of drug-likeness (QED) is 0.491. The van der Waals surface area contributed by atoms with Crippen LogP contribution in [0.1, 0.15) is 50.3 Å². The van der Waals surface area contributed by atoms with Gasteiger partial charge in [0.05, 0.1) is 25.2 Å². The molecule has 0 aliphatic heterocycles. The number of aryl methyl sites for hydroxylation is 1. The number of aliphatic carboxylic acids is 1. The summed E-state index contributed by atoms with van der Waals surface area (Å²) < 4.78 is 11.3. The fraction of sp³-hybridized carbons (Fsp3) is 0.391. The summed E-state index contributed by atoms with van der Waals surface area (Å²) in [6.45, 7) is 6.14. The molecule has 0 spiro atoms. The highest BCUT2D eigenvalue weighted by molar-refractivity contribution is 6.30. The molecule has 0 saturated heterocycles. The van der Waals surface area contributed by atoms with Gasteiger partial charge in [-0.1, -0.05) is 23.7 Å². The second-order valence-corrected chi connectivity index (χ2v) is 7.75. The number of amides is 1. The average molecular weight is 434 g/mol. The highest BCUT2D eigenvalue weighted by atomic mass is 35.5. The monoisotopic (exact) mass is 433 g/mol. The van der Waals surface area contributed by atoms with Crippen LogP contribution < -0.4 is 14.8 Å². The maximum Gasteiger partial charge on any atom is 0.305 e. The van der Waals surface area contributed by atoms with E-state index in [1.165, 1.54) is 0 Å². The molecular weight excluding hydrogens is 406 g/mol. The third kappa shape index (κ3) is 7.95. The van der Waals surface area contributed by atoms with Gasteiger partial charge in [0.1, 0.15) is 11.5 Å². The molecule has 162 valence electrons. The highest BCUT2D eigenvalue weighted by Crippen LogP contribution is 2.23. The Labute approximate surface area is 182 Å². The number of nitrogens with one attached hydrogen (secondary N) is 1. The molecule has 0 saturated carbocycles. The van der Waals surface area contributed by atoms with Gasteiger partial charge in [-0.2, -0.15) is 0 Å². The number of carboxylic acids is 1. The third-order valence-corrected chi connectivity index (χ3v) is 4.55. The topological polar surface area (TPSA) is 84.9 Å². The van der Waals surface area contributed by atoms with Crippen molar-refractivity contribution in [2.45, 2.75) is 52.2 Å². The molecule has 2 aromatic rings.